The van der Waals surface area contributed by atoms with E-state index >= 15 is 0 Å². The lowest BCUT2D eigenvalue weighted by Crippen LogP contribution is -2.48. The Morgan fingerprint density at radius 1 is 0.773 bits per heavy atom. The van der Waals surface area contributed by atoms with Crippen LogP contribution in [0.2, 0.25) is 0 Å². The first-order valence-electron chi connectivity index (χ1n) is 8.17. The molecule has 1 aromatic rings. The van der Waals surface area contributed by atoms with Gasteiger partial charge in [-0.05, 0) is 31.3 Å². The second kappa shape index (κ2) is 6.57. The van der Waals surface area contributed by atoms with Crippen molar-refractivity contribution in [1.29, 1.82) is 0 Å². The fourth-order valence-corrected chi connectivity index (χ4v) is 3.22. The zero-order valence-corrected chi connectivity index (χ0v) is 13.7. The zero-order chi connectivity index (χ0) is 15.5. The lowest BCUT2D eigenvalue weighted by molar-refractivity contribution is -0.129. The van der Waals surface area contributed by atoms with Gasteiger partial charge in [-0.3, -0.25) is 4.79 Å². The number of nitrogens with zero attached hydrogens (tertiary/aromatic N) is 4. The highest BCUT2D eigenvalue weighted by molar-refractivity contribution is 5.73. The molecule has 120 valence electrons. The van der Waals surface area contributed by atoms with Gasteiger partial charge >= 0.3 is 0 Å². The number of benzene rings is 1. The summed E-state index contributed by atoms with van der Waals surface area (Å²) in [6.07, 6.45) is 0. The molecule has 5 heteroatoms. The molecule has 1 amide bonds. The van der Waals surface area contributed by atoms with Gasteiger partial charge in [0.05, 0.1) is 0 Å². The molecule has 2 heterocycles. The molecule has 2 saturated heterocycles. The Morgan fingerprint density at radius 2 is 1.18 bits per heavy atom. The maximum Gasteiger partial charge on any atom is 0.219 e. The van der Waals surface area contributed by atoms with Crippen LogP contribution in [0, 0.1) is 0 Å². The van der Waals surface area contributed by atoms with Crippen LogP contribution in [0.15, 0.2) is 24.3 Å². The highest BCUT2D eigenvalue weighted by Gasteiger charge is 2.19. The first kappa shape index (κ1) is 15.2. The summed E-state index contributed by atoms with van der Waals surface area (Å²) in [6, 6.07) is 8.91. The highest BCUT2D eigenvalue weighted by Crippen LogP contribution is 2.22. The van der Waals surface area contributed by atoms with Crippen molar-refractivity contribution in [2.24, 2.45) is 0 Å². The van der Waals surface area contributed by atoms with Crippen molar-refractivity contribution in [1.82, 2.24) is 9.80 Å². The molecule has 5 nitrogen and oxygen atoms in total. The van der Waals surface area contributed by atoms with Crippen molar-refractivity contribution in [2.75, 3.05) is 69.2 Å². The first-order chi connectivity index (χ1) is 10.6. The van der Waals surface area contributed by atoms with Crippen molar-refractivity contribution >= 4 is 17.3 Å². The molecule has 3 rings (SSSR count). The summed E-state index contributed by atoms with van der Waals surface area (Å²) >= 11 is 0. The van der Waals surface area contributed by atoms with Gasteiger partial charge in [-0.25, -0.2) is 0 Å². The molecule has 0 spiro atoms. The Bertz CT molecular complexity index is 500. The Labute approximate surface area is 133 Å². The molecule has 0 N–H and O–H groups in total. The smallest absolute Gasteiger partial charge is 0.219 e. The van der Waals surface area contributed by atoms with E-state index in [2.05, 4.69) is 46.0 Å². The summed E-state index contributed by atoms with van der Waals surface area (Å²) in [5, 5.41) is 0. The summed E-state index contributed by atoms with van der Waals surface area (Å²) in [7, 11) is 2.18. The molecule has 0 radical (unpaired) electrons. The van der Waals surface area contributed by atoms with Crippen molar-refractivity contribution in [3.8, 4) is 0 Å². The fraction of sp³-hybridized carbons (Fsp3) is 0.588. The first-order valence-corrected chi connectivity index (χ1v) is 8.17. The van der Waals surface area contributed by atoms with E-state index in [9.17, 15) is 4.79 Å². The van der Waals surface area contributed by atoms with Crippen LogP contribution in [-0.4, -0.2) is 75.1 Å². The van der Waals surface area contributed by atoms with Crippen LogP contribution in [0.25, 0.3) is 0 Å². The SMILES string of the molecule is CC(=O)N1CCN(c2ccc(N3CCN(C)CC3)cc2)CC1. The molecule has 0 unspecified atom stereocenters. The number of hydrogen-bond donors (Lipinski definition) is 0. The van der Waals surface area contributed by atoms with Crippen LogP contribution in [0.5, 0.6) is 0 Å². The van der Waals surface area contributed by atoms with Gasteiger partial charge in [0.15, 0.2) is 0 Å². The molecule has 2 aliphatic heterocycles. The number of amides is 1. The predicted octanol–water partition coefficient (Wildman–Crippen LogP) is 1.11. The molecule has 0 aromatic heterocycles. The van der Waals surface area contributed by atoms with Gasteiger partial charge in [-0.15, -0.1) is 0 Å². The van der Waals surface area contributed by atoms with Crippen molar-refractivity contribution in [3.05, 3.63) is 24.3 Å². The van der Waals surface area contributed by atoms with Crippen LogP contribution >= 0.6 is 0 Å². The minimum Gasteiger partial charge on any atom is -0.369 e. The van der Waals surface area contributed by atoms with E-state index < -0.39 is 0 Å². The molecular formula is C17H26N4O. The Balaban J connectivity index is 1.59. The van der Waals surface area contributed by atoms with E-state index in [0.29, 0.717) is 0 Å². The van der Waals surface area contributed by atoms with Gasteiger partial charge in [0.1, 0.15) is 0 Å². The number of likely N-dealkylation sites (N-methyl/N-ethyl adjacent to an activating group) is 1. The van der Waals surface area contributed by atoms with Crippen LogP contribution < -0.4 is 9.80 Å². The zero-order valence-electron chi connectivity index (χ0n) is 13.7. The fourth-order valence-electron chi connectivity index (χ4n) is 3.22. The number of hydrogen-bond acceptors (Lipinski definition) is 4. The Morgan fingerprint density at radius 3 is 1.59 bits per heavy atom. The van der Waals surface area contributed by atoms with Crippen LogP contribution in [0.1, 0.15) is 6.92 Å². The molecule has 0 aliphatic carbocycles. The lowest BCUT2D eigenvalue weighted by Gasteiger charge is -2.36. The summed E-state index contributed by atoms with van der Waals surface area (Å²) < 4.78 is 0. The molecule has 1 aromatic carbocycles. The summed E-state index contributed by atoms with van der Waals surface area (Å²) in [5.74, 6) is 0.185. The number of anilines is 2. The standard InChI is InChI=1S/C17H26N4O/c1-15(22)19-11-13-21(14-12-19)17-5-3-16(4-6-17)20-9-7-18(2)8-10-20/h3-6H,7-14H2,1-2H3. The summed E-state index contributed by atoms with van der Waals surface area (Å²) in [5.41, 5.74) is 2.58. The molecule has 0 atom stereocenters. The van der Waals surface area contributed by atoms with E-state index in [1.165, 1.54) is 11.4 Å². The summed E-state index contributed by atoms with van der Waals surface area (Å²) in [4.78, 5) is 20.5. The molecule has 22 heavy (non-hydrogen) atoms. The van der Waals surface area contributed by atoms with Crippen LogP contribution in [0.3, 0.4) is 0 Å². The van der Waals surface area contributed by atoms with Crippen LogP contribution in [-0.2, 0) is 4.79 Å². The molecular weight excluding hydrogens is 276 g/mol. The van der Waals surface area contributed by atoms with Gasteiger partial charge in [0, 0.05) is 70.7 Å². The van der Waals surface area contributed by atoms with E-state index in [4.69, 9.17) is 0 Å². The number of piperazine rings is 2. The Kier molecular flexibility index (Phi) is 4.52. The molecule has 2 aliphatic rings. The number of carbonyl (C=O) groups excluding carboxylic acids is 1. The molecule has 2 fully saturated rings. The van der Waals surface area contributed by atoms with Gasteiger partial charge < -0.3 is 19.6 Å². The van der Waals surface area contributed by atoms with Gasteiger partial charge in [-0.2, -0.15) is 0 Å². The maximum absolute atomic E-state index is 11.4. The van der Waals surface area contributed by atoms with E-state index in [1.54, 1.807) is 6.92 Å². The van der Waals surface area contributed by atoms with Crippen molar-refractivity contribution in [2.45, 2.75) is 6.92 Å². The van der Waals surface area contributed by atoms with Gasteiger partial charge in [0.2, 0.25) is 5.91 Å². The summed E-state index contributed by atoms with van der Waals surface area (Å²) in [6.45, 7) is 9.64. The third-order valence-corrected chi connectivity index (χ3v) is 4.81. The third-order valence-electron chi connectivity index (χ3n) is 4.81. The minimum atomic E-state index is 0.185. The van der Waals surface area contributed by atoms with Crippen molar-refractivity contribution in [3.63, 3.8) is 0 Å². The third kappa shape index (κ3) is 3.35. The monoisotopic (exact) mass is 302 g/mol. The lowest BCUT2D eigenvalue weighted by atomic mass is 10.2. The predicted molar refractivity (Wildman–Crippen MR) is 90.6 cm³/mol. The van der Waals surface area contributed by atoms with Crippen molar-refractivity contribution < 1.29 is 4.79 Å². The second-order valence-electron chi connectivity index (χ2n) is 6.30. The maximum atomic E-state index is 11.4. The minimum absolute atomic E-state index is 0.185. The molecule has 0 bridgehead atoms. The van der Waals surface area contributed by atoms with E-state index in [-0.39, 0.29) is 5.91 Å². The average molecular weight is 302 g/mol. The largest absolute Gasteiger partial charge is 0.369 e. The average Bonchev–Trinajstić information content (AvgIpc) is 2.56. The van der Waals surface area contributed by atoms with Gasteiger partial charge in [0.25, 0.3) is 0 Å². The topological polar surface area (TPSA) is 30.0 Å². The van der Waals surface area contributed by atoms with Gasteiger partial charge in [-0.1, -0.05) is 0 Å². The van der Waals surface area contributed by atoms with E-state index in [1.807, 2.05) is 4.90 Å². The van der Waals surface area contributed by atoms with E-state index in [0.717, 1.165) is 52.4 Å². The Hall–Kier alpha value is -1.75. The normalized spacial score (nSPS) is 20.4. The highest BCUT2D eigenvalue weighted by atomic mass is 16.2. The molecule has 0 saturated carbocycles. The quantitative estimate of drug-likeness (QED) is 0.818. The number of rotatable bonds is 2. The second-order valence-corrected chi connectivity index (χ2v) is 6.30. The number of carbonyl (C=O) groups is 1. The van der Waals surface area contributed by atoms with Crippen LogP contribution in [0.4, 0.5) is 11.4 Å².